The van der Waals surface area contributed by atoms with Crippen molar-refractivity contribution >= 4 is 44.7 Å². The molecule has 4 rings (SSSR count). The third kappa shape index (κ3) is 2.70. The molecule has 1 aliphatic carbocycles. The molecular formula is C18H18ClN3S. The lowest BCUT2D eigenvalue weighted by atomic mass is 9.97. The highest BCUT2D eigenvalue weighted by Gasteiger charge is 2.20. The smallest absolute Gasteiger partial charge is 0.143 e. The van der Waals surface area contributed by atoms with Gasteiger partial charge in [0.25, 0.3) is 0 Å². The van der Waals surface area contributed by atoms with Gasteiger partial charge >= 0.3 is 0 Å². The molecule has 23 heavy (non-hydrogen) atoms. The van der Waals surface area contributed by atoms with Crippen LogP contribution in [0.2, 0.25) is 5.02 Å². The zero-order valence-corrected chi connectivity index (χ0v) is 14.8. The minimum atomic E-state index is 0.768. The molecule has 2 heterocycles. The molecule has 0 amide bonds. The third-order valence-electron chi connectivity index (χ3n) is 4.36. The van der Waals surface area contributed by atoms with Crippen LogP contribution in [0.15, 0.2) is 18.2 Å². The molecule has 1 N–H and O–H groups in total. The van der Waals surface area contributed by atoms with Crippen LogP contribution in [0.25, 0.3) is 10.2 Å². The van der Waals surface area contributed by atoms with E-state index in [0.717, 1.165) is 39.2 Å². The number of halogens is 1. The van der Waals surface area contributed by atoms with Crippen LogP contribution >= 0.6 is 22.9 Å². The van der Waals surface area contributed by atoms with E-state index in [0.29, 0.717) is 0 Å². The van der Waals surface area contributed by atoms with Gasteiger partial charge in [-0.05, 0) is 62.8 Å². The fourth-order valence-electron chi connectivity index (χ4n) is 3.16. The van der Waals surface area contributed by atoms with Gasteiger partial charge < -0.3 is 5.32 Å². The normalized spacial score (nSPS) is 14.0. The van der Waals surface area contributed by atoms with E-state index in [1.54, 1.807) is 0 Å². The number of hydrogen-bond donors (Lipinski definition) is 1. The number of aryl methyl sites for hydroxylation is 4. The second kappa shape index (κ2) is 5.77. The quantitative estimate of drug-likeness (QED) is 0.659. The summed E-state index contributed by atoms with van der Waals surface area (Å²) in [5, 5.41) is 5.43. The Morgan fingerprint density at radius 1 is 1.13 bits per heavy atom. The number of benzene rings is 1. The third-order valence-corrected chi connectivity index (χ3v) is 5.95. The van der Waals surface area contributed by atoms with E-state index >= 15 is 0 Å². The summed E-state index contributed by atoms with van der Waals surface area (Å²) in [6.45, 7) is 3.96. The van der Waals surface area contributed by atoms with E-state index in [1.807, 2.05) is 43.4 Å². The standard InChI is InChI=1S/C18H18ClN3S/c1-10-7-8-12(9-14(10)19)22-17-16-13-5-3-4-6-15(13)23-18(16)21-11(2)20-17/h7-9H,3-6H2,1-2H3,(H,20,21,22). The van der Waals surface area contributed by atoms with Gasteiger partial charge in [-0.2, -0.15) is 0 Å². The number of aromatic nitrogens is 2. The molecule has 3 nitrogen and oxygen atoms in total. The van der Waals surface area contributed by atoms with E-state index < -0.39 is 0 Å². The van der Waals surface area contributed by atoms with Gasteiger partial charge in [0.1, 0.15) is 16.5 Å². The van der Waals surface area contributed by atoms with Crippen molar-refractivity contribution in [3.8, 4) is 0 Å². The molecule has 2 aromatic heterocycles. The van der Waals surface area contributed by atoms with Crippen molar-refractivity contribution in [2.45, 2.75) is 39.5 Å². The van der Waals surface area contributed by atoms with Crippen molar-refractivity contribution < 1.29 is 0 Å². The molecule has 0 aliphatic heterocycles. The van der Waals surface area contributed by atoms with E-state index in [9.17, 15) is 0 Å². The minimum absolute atomic E-state index is 0.768. The maximum atomic E-state index is 6.25. The molecule has 0 spiro atoms. The Morgan fingerprint density at radius 2 is 1.96 bits per heavy atom. The number of fused-ring (bicyclic) bond motifs is 3. The average Bonchev–Trinajstić information content (AvgIpc) is 2.89. The van der Waals surface area contributed by atoms with Crippen LogP contribution in [0, 0.1) is 13.8 Å². The minimum Gasteiger partial charge on any atom is -0.340 e. The van der Waals surface area contributed by atoms with Crippen molar-refractivity contribution in [3.63, 3.8) is 0 Å². The van der Waals surface area contributed by atoms with Crippen LogP contribution < -0.4 is 5.32 Å². The summed E-state index contributed by atoms with van der Waals surface area (Å²) in [5.41, 5.74) is 3.49. The second-order valence-corrected chi connectivity index (χ2v) is 7.59. The lowest BCUT2D eigenvalue weighted by Crippen LogP contribution is -2.02. The predicted molar refractivity (Wildman–Crippen MR) is 98.3 cm³/mol. The number of hydrogen-bond acceptors (Lipinski definition) is 4. The van der Waals surface area contributed by atoms with Gasteiger partial charge in [0.05, 0.1) is 5.39 Å². The first kappa shape index (κ1) is 14.9. The highest BCUT2D eigenvalue weighted by Crippen LogP contribution is 2.39. The Morgan fingerprint density at radius 3 is 2.78 bits per heavy atom. The molecule has 0 saturated carbocycles. The van der Waals surface area contributed by atoms with Crippen LogP contribution in [-0.2, 0) is 12.8 Å². The van der Waals surface area contributed by atoms with E-state index in [2.05, 4.69) is 15.3 Å². The summed E-state index contributed by atoms with van der Waals surface area (Å²) in [6.07, 6.45) is 4.83. The van der Waals surface area contributed by atoms with Gasteiger partial charge in [-0.1, -0.05) is 17.7 Å². The zero-order chi connectivity index (χ0) is 16.0. The summed E-state index contributed by atoms with van der Waals surface area (Å²) in [4.78, 5) is 11.9. The number of nitrogens with zero attached hydrogens (tertiary/aromatic N) is 2. The first-order valence-electron chi connectivity index (χ1n) is 7.94. The molecule has 5 heteroatoms. The summed E-state index contributed by atoms with van der Waals surface area (Å²) < 4.78 is 0. The predicted octanol–water partition coefficient (Wildman–Crippen LogP) is 5.58. The Labute approximate surface area is 144 Å². The topological polar surface area (TPSA) is 37.8 Å². The van der Waals surface area contributed by atoms with Crippen molar-refractivity contribution in [1.29, 1.82) is 0 Å². The number of nitrogens with one attached hydrogen (secondary N) is 1. The SMILES string of the molecule is Cc1nc(Nc2ccc(C)c(Cl)c2)c2c3c(sc2n1)CCCC3. The van der Waals surface area contributed by atoms with Crippen LogP contribution in [-0.4, -0.2) is 9.97 Å². The maximum absolute atomic E-state index is 6.25. The van der Waals surface area contributed by atoms with E-state index in [4.69, 9.17) is 11.6 Å². The van der Waals surface area contributed by atoms with Gasteiger partial charge in [0.2, 0.25) is 0 Å². The van der Waals surface area contributed by atoms with Gasteiger partial charge in [0.15, 0.2) is 0 Å². The summed E-state index contributed by atoms with van der Waals surface area (Å²) in [6, 6.07) is 6.03. The number of anilines is 2. The van der Waals surface area contributed by atoms with Crippen molar-refractivity contribution in [2.24, 2.45) is 0 Å². The van der Waals surface area contributed by atoms with Crippen LogP contribution in [0.1, 0.15) is 34.7 Å². The number of rotatable bonds is 2. The van der Waals surface area contributed by atoms with E-state index in [1.165, 1.54) is 35.1 Å². The van der Waals surface area contributed by atoms with Gasteiger partial charge in [-0.25, -0.2) is 9.97 Å². The maximum Gasteiger partial charge on any atom is 0.143 e. The van der Waals surface area contributed by atoms with Crippen molar-refractivity contribution in [3.05, 3.63) is 45.1 Å². The summed E-state index contributed by atoms with van der Waals surface area (Å²) in [7, 11) is 0. The van der Waals surface area contributed by atoms with Crippen LogP contribution in [0.3, 0.4) is 0 Å². The fraction of sp³-hybridized carbons (Fsp3) is 0.333. The Balaban J connectivity index is 1.85. The van der Waals surface area contributed by atoms with Crippen LogP contribution in [0.5, 0.6) is 0 Å². The highest BCUT2D eigenvalue weighted by molar-refractivity contribution is 7.19. The molecule has 0 unspecified atom stereocenters. The van der Waals surface area contributed by atoms with Crippen molar-refractivity contribution in [1.82, 2.24) is 9.97 Å². The van der Waals surface area contributed by atoms with Gasteiger partial charge in [0, 0.05) is 15.6 Å². The highest BCUT2D eigenvalue weighted by atomic mass is 35.5. The summed E-state index contributed by atoms with van der Waals surface area (Å²) >= 11 is 8.08. The Bertz CT molecular complexity index is 901. The fourth-order valence-corrected chi connectivity index (χ4v) is 4.65. The zero-order valence-electron chi connectivity index (χ0n) is 13.2. The average molecular weight is 344 g/mol. The lowest BCUT2D eigenvalue weighted by Gasteiger charge is -2.13. The Kier molecular flexibility index (Phi) is 3.74. The molecule has 0 fully saturated rings. The lowest BCUT2D eigenvalue weighted by molar-refractivity contribution is 0.700. The summed E-state index contributed by atoms with van der Waals surface area (Å²) in [5.74, 6) is 1.71. The van der Waals surface area contributed by atoms with Gasteiger partial charge in [-0.15, -0.1) is 11.3 Å². The number of thiophene rings is 1. The Hall–Kier alpha value is -1.65. The van der Waals surface area contributed by atoms with Crippen LogP contribution in [0.4, 0.5) is 11.5 Å². The molecule has 0 saturated heterocycles. The monoisotopic (exact) mass is 343 g/mol. The largest absolute Gasteiger partial charge is 0.340 e. The molecule has 1 aromatic carbocycles. The molecular weight excluding hydrogens is 326 g/mol. The molecule has 0 bridgehead atoms. The van der Waals surface area contributed by atoms with Gasteiger partial charge in [-0.3, -0.25) is 0 Å². The molecule has 1 aliphatic rings. The first-order valence-corrected chi connectivity index (χ1v) is 9.13. The molecule has 3 aromatic rings. The molecule has 0 atom stereocenters. The second-order valence-electron chi connectivity index (χ2n) is 6.10. The first-order chi connectivity index (χ1) is 11.1. The molecule has 0 radical (unpaired) electrons. The molecule has 118 valence electrons. The van der Waals surface area contributed by atoms with Crippen molar-refractivity contribution in [2.75, 3.05) is 5.32 Å². The van der Waals surface area contributed by atoms with E-state index in [-0.39, 0.29) is 0 Å².